The first-order chi connectivity index (χ1) is 12.0. The molecular weight excluding hydrogens is 445 g/mol. The first kappa shape index (κ1) is 21.0. The topological polar surface area (TPSA) is 73.1 Å². The normalized spacial score (nSPS) is 18.4. The Morgan fingerprint density at radius 3 is 2.50 bits per heavy atom. The number of aryl methyl sites for hydroxylation is 2. The molecule has 1 amide bonds. The van der Waals surface area contributed by atoms with Gasteiger partial charge in [-0.1, -0.05) is 0 Å². The molecule has 8 heteroatoms. The van der Waals surface area contributed by atoms with Crippen LogP contribution in [0.25, 0.3) is 0 Å². The zero-order valence-corrected chi connectivity index (χ0v) is 18.2. The van der Waals surface area contributed by atoms with Gasteiger partial charge in [-0.25, -0.2) is 0 Å². The highest BCUT2D eigenvalue weighted by molar-refractivity contribution is 14.0. The number of aliphatic imine (C=N–C) groups is 1. The van der Waals surface area contributed by atoms with E-state index in [1.807, 2.05) is 20.9 Å². The molecule has 1 aliphatic heterocycles. The Kier molecular flexibility index (Phi) is 7.75. The van der Waals surface area contributed by atoms with Crippen LogP contribution in [0.2, 0.25) is 0 Å². The largest absolute Gasteiger partial charge is 0.466 e. The van der Waals surface area contributed by atoms with Gasteiger partial charge in [0.05, 0.1) is 6.54 Å². The summed E-state index contributed by atoms with van der Waals surface area (Å²) < 4.78 is 5.57. The van der Waals surface area contributed by atoms with Crippen LogP contribution in [-0.2, 0) is 11.3 Å². The summed E-state index contributed by atoms with van der Waals surface area (Å²) in [4.78, 5) is 20.8. The highest BCUT2D eigenvalue weighted by Crippen LogP contribution is 2.18. The van der Waals surface area contributed by atoms with Gasteiger partial charge in [0.2, 0.25) is 5.91 Å². The average molecular weight is 475 g/mol. The Morgan fingerprint density at radius 2 is 1.96 bits per heavy atom. The minimum absolute atomic E-state index is 0. The van der Waals surface area contributed by atoms with Gasteiger partial charge in [0.1, 0.15) is 11.5 Å². The number of hydrogen-bond donors (Lipinski definition) is 2. The third kappa shape index (κ3) is 5.87. The molecule has 1 aromatic rings. The van der Waals surface area contributed by atoms with Gasteiger partial charge in [0.15, 0.2) is 5.96 Å². The molecule has 0 bridgehead atoms. The maximum absolute atomic E-state index is 11.9. The second kappa shape index (κ2) is 9.59. The average Bonchev–Trinajstić information content (AvgIpc) is 3.33. The van der Waals surface area contributed by atoms with Crippen molar-refractivity contribution in [1.82, 2.24) is 20.4 Å². The molecule has 2 fully saturated rings. The SMILES string of the molecule is CN=C(NCc1cc(C)oc1C)N1CCN(CC(=O)NC2CC2)CC1.I. The Hall–Kier alpha value is -1.29. The van der Waals surface area contributed by atoms with Crippen LogP contribution >= 0.6 is 24.0 Å². The number of halogens is 1. The molecule has 1 saturated carbocycles. The summed E-state index contributed by atoms with van der Waals surface area (Å²) in [5, 5.41) is 6.47. The lowest BCUT2D eigenvalue weighted by molar-refractivity contribution is -0.122. The van der Waals surface area contributed by atoms with E-state index in [1.165, 1.54) is 0 Å². The molecule has 2 aliphatic rings. The van der Waals surface area contributed by atoms with E-state index in [1.54, 1.807) is 0 Å². The maximum Gasteiger partial charge on any atom is 0.234 e. The lowest BCUT2D eigenvalue weighted by Crippen LogP contribution is -2.54. The van der Waals surface area contributed by atoms with E-state index in [-0.39, 0.29) is 29.9 Å². The number of nitrogens with zero attached hydrogens (tertiary/aromatic N) is 3. The molecule has 1 aliphatic carbocycles. The van der Waals surface area contributed by atoms with Crippen LogP contribution in [0.15, 0.2) is 15.5 Å². The smallest absolute Gasteiger partial charge is 0.234 e. The van der Waals surface area contributed by atoms with Gasteiger partial charge in [-0.3, -0.25) is 14.7 Å². The molecule has 0 unspecified atom stereocenters. The van der Waals surface area contributed by atoms with E-state index in [0.717, 1.165) is 62.1 Å². The fourth-order valence-electron chi connectivity index (χ4n) is 3.19. The van der Waals surface area contributed by atoms with Crippen molar-refractivity contribution in [1.29, 1.82) is 0 Å². The highest BCUT2D eigenvalue weighted by atomic mass is 127. The van der Waals surface area contributed by atoms with Crippen LogP contribution in [0.3, 0.4) is 0 Å². The van der Waals surface area contributed by atoms with Crippen LogP contribution in [-0.4, -0.2) is 67.5 Å². The number of carbonyl (C=O) groups excluding carboxylic acids is 1. The quantitative estimate of drug-likeness (QED) is 0.384. The standard InChI is InChI=1S/C18H29N5O2.HI/c1-13-10-15(14(2)25-13)11-20-18(19-3)23-8-6-22(7-9-23)12-17(24)21-16-4-5-16;/h10,16H,4-9,11-12H2,1-3H3,(H,19,20)(H,21,24);1H. The summed E-state index contributed by atoms with van der Waals surface area (Å²) in [6, 6.07) is 2.50. The second-order valence-corrected chi connectivity index (χ2v) is 6.94. The van der Waals surface area contributed by atoms with E-state index in [0.29, 0.717) is 19.1 Å². The summed E-state index contributed by atoms with van der Waals surface area (Å²) in [7, 11) is 1.81. The van der Waals surface area contributed by atoms with Crippen molar-refractivity contribution in [3.05, 3.63) is 23.2 Å². The van der Waals surface area contributed by atoms with Gasteiger partial charge in [-0.2, -0.15) is 0 Å². The number of carbonyl (C=O) groups is 1. The van der Waals surface area contributed by atoms with Crippen molar-refractivity contribution in [2.45, 2.75) is 39.3 Å². The van der Waals surface area contributed by atoms with Gasteiger partial charge in [-0.05, 0) is 32.8 Å². The molecule has 146 valence electrons. The van der Waals surface area contributed by atoms with Gasteiger partial charge in [-0.15, -0.1) is 24.0 Å². The molecule has 1 aromatic heterocycles. The Balaban J connectivity index is 0.00000243. The van der Waals surface area contributed by atoms with Crippen LogP contribution in [0, 0.1) is 13.8 Å². The van der Waals surface area contributed by atoms with Crippen LogP contribution < -0.4 is 10.6 Å². The number of nitrogens with one attached hydrogen (secondary N) is 2. The molecule has 2 N–H and O–H groups in total. The number of piperazine rings is 1. The third-order valence-electron chi connectivity index (χ3n) is 4.77. The lowest BCUT2D eigenvalue weighted by atomic mass is 10.2. The van der Waals surface area contributed by atoms with Gasteiger partial charge >= 0.3 is 0 Å². The summed E-state index contributed by atoms with van der Waals surface area (Å²) in [6.45, 7) is 8.66. The zero-order chi connectivity index (χ0) is 17.8. The number of rotatable bonds is 5. The summed E-state index contributed by atoms with van der Waals surface area (Å²) in [6.07, 6.45) is 2.27. The first-order valence-electron chi connectivity index (χ1n) is 9.08. The fourth-order valence-corrected chi connectivity index (χ4v) is 3.19. The number of guanidine groups is 1. The van der Waals surface area contributed by atoms with E-state index in [2.05, 4.69) is 31.5 Å². The second-order valence-electron chi connectivity index (χ2n) is 6.94. The summed E-state index contributed by atoms with van der Waals surface area (Å²) in [5.74, 6) is 2.94. The van der Waals surface area contributed by atoms with E-state index in [4.69, 9.17) is 4.42 Å². The number of furan rings is 1. The molecule has 0 aromatic carbocycles. The Bertz CT molecular complexity index is 634. The van der Waals surface area contributed by atoms with E-state index < -0.39 is 0 Å². The molecule has 0 radical (unpaired) electrons. The van der Waals surface area contributed by atoms with Crippen molar-refractivity contribution < 1.29 is 9.21 Å². The lowest BCUT2D eigenvalue weighted by Gasteiger charge is -2.36. The third-order valence-corrected chi connectivity index (χ3v) is 4.77. The molecule has 3 rings (SSSR count). The number of amides is 1. The highest BCUT2D eigenvalue weighted by Gasteiger charge is 2.25. The molecule has 1 saturated heterocycles. The first-order valence-corrected chi connectivity index (χ1v) is 9.08. The van der Waals surface area contributed by atoms with E-state index >= 15 is 0 Å². The van der Waals surface area contributed by atoms with Crippen molar-refractivity contribution in [3.63, 3.8) is 0 Å². The van der Waals surface area contributed by atoms with Crippen molar-refractivity contribution in [2.75, 3.05) is 39.8 Å². The maximum atomic E-state index is 11.9. The zero-order valence-electron chi connectivity index (χ0n) is 15.9. The molecule has 2 heterocycles. The van der Waals surface area contributed by atoms with Crippen molar-refractivity contribution >= 4 is 35.8 Å². The van der Waals surface area contributed by atoms with Gasteiger partial charge in [0.25, 0.3) is 0 Å². The van der Waals surface area contributed by atoms with Crippen LogP contribution in [0.4, 0.5) is 0 Å². The summed E-state index contributed by atoms with van der Waals surface area (Å²) >= 11 is 0. The van der Waals surface area contributed by atoms with Crippen molar-refractivity contribution in [3.8, 4) is 0 Å². The Morgan fingerprint density at radius 1 is 1.27 bits per heavy atom. The fraction of sp³-hybridized carbons (Fsp3) is 0.667. The minimum atomic E-state index is 0. The number of hydrogen-bond acceptors (Lipinski definition) is 4. The predicted octanol–water partition coefficient (Wildman–Crippen LogP) is 1.49. The predicted molar refractivity (Wildman–Crippen MR) is 113 cm³/mol. The van der Waals surface area contributed by atoms with Gasteiger partial charge in [0, 0.05) is 51.4 Å². The molecule has 0 spiro atoms. The minimum Gasteiger partial charge on any atom is -0.466 e. The monoisotopic (exact) mass is 475 g/mol. The molecule has 0 atom stereocenters. The van der Waals surface area contributed by atoms with Crippen LogP contribution in [0.5, 0.6) is 0 Å². The Labute approximate surface area is 172 Å². The molecule has 7 nitrogen and oxygen atoms in total. The molecular formula is C18H30IN5O2. The summed E-state index contributed by atoms with van der Waals surface area (Å²) in [5.41, 5.74) is 1.16. The van der Waals surface area contributed by atoms with Crippen LogP contribution in [0.1, 0.15) is 29.9 Å². The van der Waals surface area contributed by atoms with E-state index in [9.17, 15) is 4.79 Å². The molecule has 26 heavy (non-hydrogen) atoms. The van der Waals surface area contributed by atoms with Gasteiger partial charge < -0.3 is 20.0 Å². The van der Waals surface area contributed by atoms with Crippen molar-refractivity contribution in [2.24, 2.45) is 4.99 Å².